The summed E-state index contributed by atoms with van der Waals surface area (Å²) in [4.78, 5) is 41.6. The maximum atomic E-state index is 13.1. The van der Waals surface area contributed by atoms with Crippen LogP contribution in [-0.2, 0) is 29.7 Å². The van der Waals surface area contributed by atoms with E-state index in [2.05, 4.69) is 22.4 Å². The summed E-state index contributed by atoms with van der Waals surface area (Å²) in [5.41, 5.74) is 4.63. The summed E-state index contributed by atoms with van der Waals surface area (Å²) < 4.78 is 0. The number of hydrogen-bond acceptors (Lipinski definition) is 6. The number of carboxylic acids is 1. The SMILES string of the molecule is O=C1c2ccc(CNCC(O)c3ccc(O)c4[nH]c(=O)ccc34)cc2CN1CCCCc1cccc(C2(C(=O)O)CCCCC2)c1. The number of aromatic amines is 1. The van der Waals surface area contributed by atoms with E-state index in [4.69, 9.17) is 0 Å². The fraction of sp³-hybridized carbons (Fsp3) is 0.378. The maximum Gasteiger partial charge on any atom is 0.314 e. The number of aliphatic hydroxyl groups excluding tert-OH is 1. The molecular weight excluding hydrogens is 582 g/mol. The van der Waals surface area contributed by atoms with E-state index in [0.717, 1.165) is 66.3 Å². The summed E-state index contributed by atoms with van der Waals surface area (Å²) >= 11 is 0. The molecule has 9 heteroatoms. The lowest BCUT2D eigenvalue weighted by Gasteiger charge is -2.34. The summed E-state index contributed by atoms with van der Waals surface area (Å²) in [6, 6.07) is 20.0. The number of fused-ring (bicyclic) bond motifs is 2. The molecule has 3 aromatic carbocycles. The number of aliphatic hydroxyl groups is 1. The number of carbonyl (C=O) groups excluding carboxylic acids is 1. The van der Waals surface area contributed by atoms with Crippen LogP contribution in [0.2, 0.25) is 0 Å². The highest BCUT2D eigenvalue weighted by atomic mass is 16.4. The minimum Gasteiger partial charge on any atom is -0.506 e. The number of aryl methyl sites for hydroxylation is 1. The Labute approximate surface area is 267 Å². The van der Waals surface area contributed by atoms with Crippen molar-refractivity contribution in [2.75, 3.05) is 13.1 Å². The number of carbonyl (C=O) groups is 2. The van der Waals surface area contributed by atoms with Gasteiger partial charge in [-0.05, 0) is 78.1 Å². The van der Waals surface area contributed by atoms with Crippen molar-refractivity contribution in [2.24, 2.45) is 0 Å². The van der Waals surface area contributed by atoms with Gasteiger partial charge in [0.2, 0.25) is 5.56 Å². The molecule has 0 radical (unpaired) electrons. The van der Waals surface area contributed by atoms with E-state index in [0.29, 0.717) is 48.9 Å². The standard InChI is InChI=1S/C37H41N3O6/c41-31-14-12-29(30-13-15-33(43)39-34(30)31)32(42)22-38-21-25-10-11-28-26(19-25)23-40(35(28)44)18-5-2-7-24-8-6-9-27(20-24)37(36(45)46)16-3-1-4-17-37/h6,8-15,19-20,32,38,41-42H,1-5,7,16-18,21-23H2,(H,39,43)(H,45,46). The first-order valence-corrected chi connectivity index (χ1v) is 16.2. The predicted octanol–water partition coefficient (Wildman–Crippen LogP) is 5.32. The molecular formula is C37H41N3O6. The van der Waals surface area contributed by atoms with Gasteiger partial charge in [0.25, 0.3) is 5.91 Å². The molecule has 240 valence electrons. The van der Waals surface area contributed by atoms with Crippen molar-refractivity contribution in [1.29, 1.82) is 0 Å². The Bertz CT molecular complexity index is 1810. The lowest BCUT2D eigenvalue weighted by Crippen LogP contribution is -2.37. The van der Waals surface area contributed by atoms with E-state index in [9.17, 15) is 29.7 Å². The van der Waals surface area contributed by atoms with Gasteiger partial charge in [-0.1, -0.05) is 61.7 Å². The molecule has 0 spiro atoms. The normalized spacial score (nSPS) is 16.5. The van der Waals surface area contributed by atoms with Crippen molar-refractivity contribution < 1.29 is 24.9 Å². The second kappa shape index (κ2) is 13.5. The highest BCUT2D eigenvalue weighted by Crippen LogP contribution is 2.40. The van der Waals surface area contributed by atoms with Crippen molar-refractivity contribution in [3.05, 3.63) is 110 Å². The summed E-state index contributed by atoms with van der Waals surface area (Å²) in [5.74, 6) is -0.714. The van der Waals surface area contributed by atoms with E-state index in [1.54, 1.807) is 12.1 Å². The maximum absolute atomic E-state index is 13.1. The molecule has 4 aromatic rings. The van der Waals surface area contributed by atoms with Crippen LogP contribution >= 0.6 is 0 Å². The first-order valence-electron chi connectivity index (χ1n) is 16.2. The molecule has 1 fully saturated rings. The number of pyridine rings is 1. The van der Waals surface area contributed by atoms with Crippen LogP contribution < -0.4 is 10.9 Å². The van der Waals surface area contributed by atoms with Crippen molar-refractivity contribution in [2.45, 2.75) is 76.0 Å². The number of amides is 1. The van der Waals surface area contributed by atoms with Crippen LogP contribution in [0.3, 0.4) is 0 Å². The molecule has 6 rings (SSSR count). The van der Waals surface area contributed by atoms with Gasteiger partial charge < -0.3 is 30.5 Å². The van der Waals surface area contributed by atoms with E-state index >= 15 is 0 Å². The highest BCUT2D eigenvalue weighted by Gasteiger charge is 2.41. The molecule has 9 nitrogen and oxygen atoms in total. The molecule has 1 aromatic heterocycles. The van der Waals surface area contributed by atoms with Gasteiger partial charge in [-0.2, -0.15) is 0 Å². The van der Waals surface area contributed by atoms with Crippen LogP contribution in [0.25, 0.3) is 10.9 Å². The second-order valence-corrected chi connectivity index (χ2v) is 12.8. The van der Waals surface area contributed by atoms with Gasteiger partial charge in [0.05, 0.1) is 17.0 Å². The fourth-order valence-electron chi connectivity index (χ4n) is 7.18. The summed E-state index contributed by atoms with van der Waals surface area (Å²) in [5, 5.41) is 34.9. The molecule has 2 aliphatic rings. The summed E-state index contributed by atoms with van der Waals surface area (Å²) in [6.07, 6.45) is 6.16. The molecule has 1 amide bonds. The van der Waals surface area contributed by atoms with E-state index in [-0.39, 0.29) is 23.8 Å². The van der Waals surface area contributed by atoms with Crippen LogP contribution in [0, 0.1) is 0 Å². The zero-order valence-corrected chi connectivity index (χ0v) is 25.9. The average Bonchev–Trinajstić information content (AvgIpc) is 3.37. The molecule has 1 unspecified atom stereocenters. The smallest absolute Gasteiger partial charge is 0.314 e. The van der Waals surface area contributed by atoms with Gasteiger partial charge in [-0.3, -0.25) is 14.4 Å². The number of carboxylic acid groups (broad SMARTS) is 1. The summed E-state index contributed by atoms with van der Waals surface area (Å²) in [6.45, 7) is 2.01. The number of unbranched alkanes of at least 4 members (excludes halogenated alkanes) is 1. The molecule has 0 bridgehead atoms. The second-order valence-electron chi connectivity index (χ2n) is 12.8. The summed E-state index contributed by atoms with van der Waals surface area (Å²) in [7, 11) is 0. The highest BCUT2D eigenvalue weighted by molar-refractivity contribution is 5.98. The van der Waals surface area contributed by atoms with Crippen molar-refractivity contribution in [3.8, 4) is 5.75 Å². The number of nitrogens with zero attached hydrogens (tertiary/aromatic N) is 1. The number of benzene rings is 3. The minimum atomic E-state index is -0.853. The Balaban J connectivity index is 0.995. The molecule has 1 aliphatic heterocycles. The predicted molar refractivity (Wildman–Crippen MR) is 176 cm³/mol. The van der Waals surface area contributed by atoms with E-state index in [1.165, 1.54) is 12.1 Å². The number of hydrogen-bond donors (Lipinski definition) is 5. The van der Waals surface area contributed by atoms with Gasteiger partial charge >= 0.3 is 5.97 Å². The van der Waals surface area contributed by atoms with E-state index in [1.807, 2.05) is 35.2 Å². The number of nitrogens with one attached hydrogen (secondary N) is 2. The van der Waals surface area contributed by atoms with Crippen LogP contribution in [0.15, 0.2) is 71.5 Å². The number of phenols is 1. The number of H-pyrrole nitrogens is 1. The van der Waals surface area contributed by atoms with Crippen molar-refractivity contribution in [1.82, 2.24) is 15.2 Å². The van der Waals surface area contributed by atoms with Gasteiger partial charge in [-0.25, -0.2) is 0 Å². The number of rotatable bonds is 12. The zero-order chi connectivity index (χ0) is 32.3. The monoisotopic (exact) mass is 623 g/mol. The Morgan fingerprint density at radius 1 is 0.957 bits per heavy atom. The lowest BCUT2D eigenvalue weighted by molar-refractivity contribution is -0.145. The van der Waals surface area contributed by atoms with Gasteiger partial charge in [-0.15, -0.1) is 0 Å². The topological polar surface area (TPSA) is 143 Å². The average molecular weight is 624 g/mol. The van der Waals surface area contributed by atoms with Crippen LogP contribution in [0.5, 0.6) is 5.75 Å². The zero-order valence-electron chi connectivity index (χ0n) is 25.9. The number of aromatic hydroxyl groups is 1. The first-order chi connectivity index (χ1) is 22.2. The molecule has 46 heavy (non-hydrogen) atoms. The Kier molecular flexibility index (Phi) is 9.24. The number of aliphatic carboxylic acids is 1. The quantitative estimate of drug-likeness (QED) is 0.134. The minimum absolute atomic E-state index is 0.0462. The third-order valence-electron chi connectivity index (χ3n) is 9.72. The largest absolute Gasteiger partial charge is 0.506 e. The molecule has 1 aliphatic carbocycles. The van der Waals surface area contributed by atoms with Crippen LogP contribution in [0.4, 0.5) is 0 Å². The Morgan fingerprint density at radius 3 is 2.59 bits per heavy atom. The van der Waals surface area contributed by atoms with Crippen molar-refractivity contribution in [3.63, 3.8) is 0 Å². The van der Waals surface area contributed by atoms with Gasteiger partial charge in [0, 0.05) is 43.2 Å². The first kappa shape index (κ1) is 31.5. The Morgan fingerprint density at radius 2 is 1.78 bits per heavy atom. The number of phenolic OH excluding ortho intramolecular Hbond substituents is 1. The van der Waals surface area contributed by atoms with Gasteiger partial charge in [0.15, 0.2) is 0 Å². The lowest BCUT2D eigenvalue weighted by atomic mass is 9.69. The Hall–Kier alpha value is -4.47. The molecule has 2 heterocycles. The van der Waals surface area contributed by atoms with Crippen LogP contribution in [-0.4, -0.2) is 50.2 Å². The third kappa shape index (κ3) is 6.43. The van der Waals surface area contributed by atoms with Gasteiger partial charge in [0.1, 0.15) is 5.75 Å². The molecule has 5 N–H and O–H groups in total. The van der Waals surface area contributed by atoms with Crippen LogP contribution in [0.1, 0.15) is 89.2 Å². The molecule has 1 atom stereocenters. The molecule has 1 saturated carbocycles. The van der Waals surface area contributed by atoms with Crippen molar-refractivity contribution >= 4 is 22.8 Å². The fourth-order valence-corrected chi connectivity index (χ4v) is 7.18. The third-order valence-corrected chi connectivity index (χ3v) is 9.72. The van der Waals surface area contributed by atoms with E-state index < -0.39 is 17.5 Å². The number of aromatic nitrogens is 1. The molecule has 0 saturated heterocycles.